The number of primary amides is 1. The number of rotatable bonds is 8. The Balaban J connectivity index is 0.00000420. The number of carbonyl (C=O) groups is 1. The highest BCUT2D eigenvalue weighted by Gasteiger charge is 2.26. The first-order valence-corrected chi connectivity index (χ1v) is 10.9. The molecule has 0 unspecified atom stereocenters. The molecule has 0 aromatic heterocycles. The predicted octanol–water partition coefficient (Wildman–Crippen LogP) is 0.648. The number of hydrogen-bond donors (Lipinski definition) is 3. The summed E-state index contributed by atoms with van der Waals surface area (Å²) in [7, 11) is -1.43. The van der Waals surface area contributed by atoms with Gasteiger partial charge in [0.2, 0.25) is 10.0 Å². The van der Waals surface area contributed by atoms with E-state index in [0.29, 0.717) is 31.3 Å². The van der Waals surface area contributed by atoms with E-state index in [4.69, 9.17) is 10.5 Å². The minimum atomic E-state index is -3.12. The predicted molar refractivity (Wildman–Crippen MR) is 124 cm³/mol. The average Bonchev–Trinajstić information content (AvgIpc) is 2.70. The second-order valence-electron chi connectivity index (χ2n) is 6.55. The number of guanidine groups is 1. The van der Waals surface area contributed by atoms with Gasteiger partial charge in [-0.05, 0) is 37.5 Å². The Morgan fingerprint density at radius 2 is 2.03 bits per heavy atom. The monoisotopic (exact) mass is 539 g/mol. The lowest BCUT2D eigenvalue weighted by Crippen LogP contribution is -2.49. The van der Waals surface area contributed by atoms with Gasteiger partial charge in [-0.25, -0.2) is 12.7 Å². The molecule has 29 heavy (non-hydrogen) atoms. The number of sulfonamides is 1. The molecule has 0 saturated carbocycles. The standard InChI is InChI=1S/C18H29N5O4S.HI/c1-3-28(25,26)23-9-7-15(8-10-23)22-18(20-2)21-12-14-5-4-6-16(11-14)27-13-17(19)24;/h4-6,11,15H,3,7-10,12-13H2,1-2H3,(H2,19,24)(H2,20,21,22);1H. The van der Waals surface area contributed by atoms with Crippen molar-refractivity contribution in [1.82, 2.24) is 14.9 Å². The largest absolute Gasteiger partial charge is 0.484 e. The molecule has 1 heterocycles. The van der Waals surface area contributed by atoms with E-state index in [9.17, 15) is 13.2 Å². The van der Waals surface area contributed by atoms with Crippen LogP contribution in [0.3, 0.4) is 0 Å². The van der Waals surface area contributed by atoms with E-state index in [1.807, 2.05) is 18.2 Å². The SMILES string of the molecule is CCS(=O)(=O)N1CCC(NC(=NC)NCc2cccc(OCC(N)=O)c2)CC1.I. The quantitative estimate of drug-likeness (QED) is 0.253. The summed E-state index contributed by atoms with van der Waals surface area (Å²) in [5, 5.41) is 6.58. The molecule has 1 aromatic rings. The lowest BCUT2D eigenvalue weighted by molar-refractivity contribution is -0.119. The highest BCUT2D eigenvalue weighted by Crippen LogP contribution is 2.15. The van der Waals surface area contributed by atoms with Crippen LogP contribution in [-0.4, -0.2) is 63.1 Å². The van der Waals surface area contributed by atoms with Crippen LogP contribution >= 0.6 is 24.0 Å². The highest BCUT2D eigenvalue weighted by molar-refractivity contribution is 14.0. The molecule has 0 bridgehead atoms. The number of halogens is 1. The van der Waals surface area contributed by atoms with Gasteiger partial charge in [-0.3, -0.25) is 9.79 Å². The van der Waals surface area contributed by atoms with E-state index in [2.05, 4.69) is 15.6 Å². The Labute approximate surface area is 189 Å². The van der Waals surface area contributed by atoms with Gasteiger partial charge in [0.15, 0.2) is 12.6 Å². The van der Waals surface area contributed by atoms with Crippen LogP contribution in [-0.2, 0) is 21.4 Å². The Kier molecular flexibility index (Phi) is 10.7. The summed E-state index contributed by atoms with van der Waals surface area (Å²) >= 11 is 0. The van der Waals surface area contributed by atoms with Crippen LogP contribution in [0.1, 0.15) is 25.3 Å². The molecule has 0 aliphatic carbocycles. The summed E-state index contributed by atoms with van der Waals surface area (Å²) < 4.78 is 30.7. The van der Waals surface area contributed by atoms with Crippen LogP contribution in [0.4, 0.5) is 0 Å². The van der Waals surface area contributed by atoms with Gasteiger partial charge in [0.05, 0.1) is 5.75 Å². The van der Waals surface area contributed by atoms with Gasteiger partial charge in [-0.2, -0.15) is 0 Å². The first kappa shape index (κ1) is 25.4. The maximum absolute atomic E-state index is 11.9. The topological polar surface area (TPSA) is 126 Å². The van der Waals surface area contributed by atoms with Gasteiger partial charge in [-0.15, -0.1) is 24.0 Å². The van der Waals surface area contributed by atoms with Crippen molar-refractivity contribution in [3.8, 4) is 5.75 Å². The van der Waals surface area contributed by atoms with Gasteiger partial charge in [0.25, 0.3) is 5.91 Å². The molecular formula is C18H30IN5O4S. The van der Waals surface area contributed by atoms with Crippen molar-refractivity contribution in [3.63, 3.8) is 0 Å². The number of hydrogen-bond acceptors (Lipinski definition) is 5. The van der Waals surface area contributed by atoms with Crippen molar-refractivity contribution in [1.29, 1.82) is 0 Å². The zero-order valence-electron chi connectivity index (χ0n) is 16.8. The van der Waals surface area contributed by atoms with Gasteiger partial charge in [0.1, 0.15) is 5.75 Å². The fourth-order valence-corrected chi connectivity index (χ4v) is 4.07. The minimum Gasteiger partial charge on any atom is -0.484 e. The molecule has 1 fully saturated rings. The molecule has 0 atom stereocenters. The van der Waals surface area contributed by atoms with Crippen molar-refractivity contribution in [3.05, 3.63) is 29.8 Å². The molecule has 1 aliphatic heterocycles. The van der Waals surface area contributed by atoms with Crippen molar-refractivity contribution in [2.75, 3.05) is 32.5 Å². The highest BCUT2D eigenvalue weighted by atomic mass is 127. The minimum absolute atomic E-state index is 0. The third kappa shape index (κ3) is 8.34. The molecule has 1 amide bonds. The lowest BCUT2D eigenvalue weighted by atomic mass is 10.1. The molecule has 1 aliphatic rings. The lowest BCUT2D eigenvalue weighted by Gasteiger charge is -2.32. The van der Waals surface area contributed by atoms with Crippen molar-refractivity contribution < 1.29 is 17.9 Å². The number of piperidine rings is 1. The summed E-state index contributed by atoms with van der Waals surface area (Å²) in [6.45, 7) is 3.07. The van der Waals surface area contributed by atoms with Crippen molar-refractivity contribution >= 4 is 45.9 Å². The molecule has 1 saturated heterocycles. The fourth-order valence-electron chi connectivity index (χ4n) is 2.93. The zero-order valence-corrected chi connectivity index (χ0v) is 19.9. The smallest absolute Gasteiger partial charge is 0.255 e. The number of nitrogens with one attached hydrogen (secondary N) is 2. The van der Waals surface area contributed by atoms with E-state index in [1.165, 1.54) is 0 Å². The van der Waals surface area contributed by atoms with E-state index in [1.54, 1.807) is 24.3 Å². The molecular weight excluding hydrogens is 509 g/mol. The third-order valence-electron chi connectivity index (χ3n) is 4.52. The number of aliphatic imine (C=N–C) groups is 1. The number of carbonyl (C=O) groups excluding carboxylic acids is 1. The molecule has 1 aromatic carbocycles. The summed E-state index contributed by atoms with van der Waals surface area (Å²) in [4.78, 5) is 15.1. The Hall–Kier alpha value is -1.60. The van der Waals surface area contributed by atoms with Crippen molar-refractivity contribution in [2.45, 2.75) is 32.4 Å². The number of amides is 1. The Morgan fingerprint density at radius 1 is 1.34 bits per heavy atom. The summed E-state index contributed by atoms with van der Waals surface area (Å²) in [6, 6.07) is 7.54. The van der Waals surface area contributed by atoms with E-state index < -0.39 is 15.9 Å². The van der Waals surface area contributed by atoms with E-state index >= 15 is 0 Å². The van der Waals surface area contributed by atoms with Gasteiger partial charge in [-0.1, -0.05) is 12.1 Å². The van der Waals surface area contributed by atoms with Crippen LogP contribution in [0.5, 0.6) is 5.75 Å². The summed E-state index contributed by atoms with van der Waals surface area (Å²) in [5.41, 5.74) is 6.05. The zero-order chi connectivity index (χ0) is 20.6. The number of benzene rings is 1. The first-order chi connectivity index (χ1) is 13.3. The fraction of sp³-hybridized carbons (Fsp3) is 0.556. The van der Waals surface area contributed by atoms with E-state index in [-0.39, 0.29) is 42.4 Å². The van der Waals surface area contributed by atoms with Crippen LogP contribution in [0.25, 0.3) is 0 Å². The molecule has 9 nitrogen and oxygen atoms in total. The Morgan fingerprint density at radius 3 is 2.62 bits per heavy atom. The first-order valence-electron chi connectivity index (χ1n) is 9.29. The Bertz CT molecular complexity index is 795. The normalized spacial score (nSPS) is 16.0. The van der Waals surface area contributed by atoms with Gasteiger partial charge >= 0.3 is 0 Å². The third-order valence-corrected chi connectivity index (χ3v) is 6.40. The van der Waals surface area contributed by atoms with Gasteiger partial charge < -0.3 is 21.1 Å². The average molecular weight is 539 g/mol. The maximum atomic E-state index is 11.9. The molecule has 2 rings (SSSR count). The molecule has 164 valence electrons. The van der Waals surface area contributed by atoms with Crippen LogP contribution in [0.15, 0.2) is 29.3 Å². The molecule has 0 radical (unpaired) electrons. The number of nitrogens with two attached hydrogens (primary N) is 1. The van der Waals surface area contributed by atoms with Crippen LogP contribution < -0.4 is 21.1 Å². The van der Waals surface area contributed by atoms with E-state index in [0.717, 1.165) is 18.4 Å². The summed E-state index contributed by atoms with van der Waals surface area (Å²) in [5.74, 6) is 0.841. The van der Waals surface area contributed by atoms with Crippen LogP contribution in [0.2, 0.25) is 0 Å². The van der Waals surface area contributed by atoms with Crippen LogP contribution in [0, 0.1) is 0 Å². The number of ether oxygens (including phenoxy) is 1. The molecule has 0 spiro atoms. The number of nitrogens with zero attached hydrogens (tertiary/aromatic N) is 2. The van der Waals surface area contributed by atoms with Crippen molar-refractivity contribution in [2.24, 2.45) is 10.7 Å². The second-order valence-corrected chi connectivity index (χ2v) is 8.80. The molecule has 11 heteroatoms. The summed E-state index contributed by atoms with van der Waals surface area (Å²) in [6.07, 6.45) is 1.47. The molecule has 4 N–H and O–H groups in total. The second kappa shape index (κ2) is 12.2. The maximum Gasteiger partial charge on any atom is 0.255 e. The van der Waals surface area contributed by atoms with Gasteiger partial charge in [0, 0.05) is 32.7 Å².